The Balaban J connectivity index is 2.18. The summed E-state index contributed by atoms with van der Waals surface area (Å²) in [6.07, 6.45) is -2.12. The van der Waals surface area contributed by atoms with Crippen LogP contribution in [0.15, 0.2) is 0 Å². The van der Waals surface area contributed by atoms with Crippen LogP contribution in [0.5, 0.6) is 0 Å². The fourth-order valence-electron chi connectivity index (χ4n) is 0.863. The van der Waals surface area contributed by atoms with Gasteiger partial charge in [-0.1, -0.05) is 0 Å². The van der Waals surface area contributed by atoms with Gasteiger partial charge in [-0.3, -0.25) is 0 Å². The molecular formula is C6H9O5-. The maximum Gasteiger partial charge on any atom is 0.107 e. The molecule has 0 bridgehead atoms. The largest absolute Gasteiger partial charge is 0.547 e. The number of carbonyl (C=O) groups is 1. The van der Waals surface area contributed by atoms with Gasteiger partial charge in [0.2, 0.25) is 0 Å². The van der Waals surface area contributed by atoms with E-state index in [1.54, 1.807) is 0 Å². The normalized spacial score (nSPS) is 31.5. The van der Waals surface area contributed by atoms with Crippen LogP contribution in [0.1, 0.15) is 6.42 Å². The van der Waals surface area contributed by atoms with E-state index in [-0.39, 0.29) is 25.2 Å². The minimum absolute atomic E-state index is 0.00639. The second-order valence-electron chi connectivity index (χ2n) is 2.47. The quantitative estimate of drug-likeness (QED) is 0.436. The molecule has 0 amide bonds. The fourth-order valence-corrected chi connectivity index (χ4v) is 0.863. The van der Waals surface area contributed by atoms with Gasteiger partial charge in [0, 0.05) is 6.42 Å². The third kappa shape index (κ3) is 2.14. The average Bonchev–Trinajstić information content (AvgIpc) is 2.67. The van der Waals surface area contributed by atoms with E-state index in [2.05, 4.69) is 0 Å². The van der Waals surface area contributed by atoms with Crippen molar-refractivity contribution in [3.05, 3.63) is 0 Å². The number of carboxylic acids is 1. The summed E-state index contributed by atoms with van der Waals surface area (Å²) in [5.41, 5.74) is 0. The van der Waals surface area contributed by atoms with Crippen molar-refractivity contribution in [1.82, 2.24) is 0 Å². The summed E-state index contributed by atoms with van der Waals surface area (Å²) in [6.45, 7) is -0.134. The molecule has 64 valence electrons. The van der Waals surface area contributed by atoms with Crippen LogP contribution in [-0.4, -0.2) is 41.1 Å². The Labute approximate surface area is 63.2 Å². The predicted molar refractivity (Wildman–Crippen MR) is 31.4 cm³/mol. The summed E-state index contributed by atoms with van der Waals surface area (Å²) in [5, 5.41) is 27.2. The van der Waals surface area contributed by atoms with Crippen LogP contribution >= 0.6 is 0 Å². The molecule has 1 fully saturated rings. The number of ether oxygens (including phenoxy) is 1. The van der Waals surface area contributed by atoms with Crippen LogP contribution in [0.2, 0.25) is 0 Å². The minimum atomic E-state index is -1.50. The molecule has 0 radical (unpaired) electrons. The Hall–Kier alpha value is -0.650. The van der Waals surface area contributed by atoms with Crippen molar-refractivity contribution in [1.29, 1.82) is 0 Å². The second kappa shape index (κ2) is 3.17. The average molecular weight is 161 g/mol. The van der Waals surface area contributed by atoms with Gasteiger partial charge in [-0.25, -0.2) is 0 Å². The first kappa shape index (κ1) is 8.45. The lowest BCUT2D eigenvalue weighted by molar-refractivity contribution is -0.315. The van der Waals surface area contributed by atoms with Crippen molar-refractivity contribution in [2.45, 2.75) is 24.7 Å². The minimum Gasteiger partial charge on any atom is -0.547 e. The highest BCUT2D eigenvalue weighted by Crippen LogP contribution is 2.25. The number of hydrogen-bond donors (Lipinski definition) is 2. The van der Waals surface area contributed by atoms with Gasteiger partial charge < -0.3 is 24.9 Å². The van der Waals surface area contributed by atoms with Crippen molar-refractivity contribution in [2.75, 3.05) is 6.61 Å². The third-order valence-corrected chi connectivity index (χ3v) is 1.60. The number of carbonyl (C=O) groups excluding carboxylic acids is 1. The number of rotatable bonds is 4. The van der Waals surface area contributed by atoms with E-state index in [0.717, 1.165) is 0 Å². The molecule has 1 heterocycles. The zero-order valence-corrected chi connectivity index (χ0v) is 5.77. The topological polar surface area (TPSA) is 93.1 Å². The maximum absolute atomic E-state index is 9.98. The lowest BCUT2D eigenvalue weighted by Gasteiger charge is -2.08. The van der Waals surface area contributed by atoms with E-state index < -0.39 is 12.1 Å². The highest BCUT2D eigenvalue weighted by molar-refractivity contribution is 5.69. The van der Waals surface area contributed by atoms with E-state index >= 15 is 0 Å². The predicted octanol–water partition coefficient (Wildman–Crippen LogP) is -2.75. The number of hydrogen-bond acceptors (Lipinski definition) is 5. The molecule has 0 aromatic carbocycles. The zero-order chi connectivity index (χ0) is 8.43. The molecule has 0 saturated carbocycles. The number of epoxide rings is 1. The van der Waals surface area contributed by atoms with Crippen LogP contribution in [-0.2, 0) is 9.53 Å². The molecule has 0 unspecified atom stereocenters. The molecule has 2 N–H and O–H groups in total. The first-order chi connectivity index (χ1) is 5.15. The van der Waals surface area contributed by atoms with E-state index in [1.807, 2.05) is 0 Å². The molecule has 1 saturated heterocycles. The number of aliphatic carboxylic acids is 1. The first-order valence-electron chi connectivity index (χ1n) is 3.30. The summed E-state index contributed by atoms with van der Waals surface area (Å²) >= 11 is 0. The molecule has 0 aromatic rings. The Bertz CT molecular complexity index is 157. The molecule has 11 heavy (non-hydrogen) atoms. The molecule has 3 atom stereocenters. The number of aliphatic hydroxyl groups is 2. The molecule has 5 heteroatoms. The molecule has 0 spiro atoms. The Morgan fingerprint density at radius 1 is 1.64 bits per heavy atom. The van der Waals surface area contributed by atoms with Crippen molar-refractivity contribution in [3.63, 3.8) is 0 Å². The number of aliphatic hydroxyl groups excluding tert-OH is 2. The Kier molecular flexibility index (Phi) is 2.43. The molecule has 1 aliphatic heterocycles. The van der Waals surface area contributed by atoms with E-state index in [4.69, 9.17) is 14.9 Å². The summed E-state index contributed by atoms with van der Waals surface area (Å²) in [6, 6.07) is 0. The molecule has 1 rings (SSSR count). The van der Waals surface area contributed by atoms with Gasteiger partial charge in [0.1, 0.15) is 6.10 Å². The number of carboxylic acid groups (broad SMARTS) is 1. The van der Waals surface area contributed by atoms with Crippen molar-refractivity contribution < 1.29 is 24.9 Å². The lowest BCUT2D eigenvalue weighted by atomic mass is 10.1. The van der Waals surface area contributed by atoms with E-state index in [9.17, 15) is 9.90 Å². The van der Waals surface area contributed by atoms with Crippen molar-refractivity contribution in [2.24, 2.45) is 0 Å². The van der Waals surface area contributed by atoms with Gasteiger partial charge in [0.05, 0.1) is 24.8 Å². The fraction of sp³-hybridized carbons (Fsp3) is 0.833. The highest BCUT2D eigenvalue weighted by Gasteiger charge is 2.39. The Morgan fingerprint density at radius 2 is 2.27 bits per heavy atom. The summed E-state index contributed by atoms with van der Waals surface area (Å²) in [4.78, 5) is 9.98. The first-order valence-corrected chi connectivity index (χ1v) is 3.30. The van der Waals surface area contributed by atoms with Crippen molar-refractivity contribution in [3.8, 4) is 0 Å². The van der Waals surface area contributed by atoms with E-state index in [0.29, 0.717) is 0 Å². The molecule has 0 aromatic heterocycles. The third-order valence-electron chi connectivity index (χ3n) is 1.60. The van der Waals surface area contributed by atoms with Crippen LogP contribution in [0.4, 0.5) is 0 Å². The molecular weight excluding hydrogens is 152 g/mol. The van der Waals surface area contributed by atoms with Gasteiger partial charge in [0.25, 0.3) is 0 Å². The van der Waals surface area contributed by atoms with Gasteiger partial charge >= 0.3 is 0 Å². The van der Waals surface area contributed by atoms with Crippen molar-refractivity contribution >= 4 is 5.97 Å². The second-order valence-corrected chi connectivity index (χ2v) is 2.47. The molecule has 1 aliphatic rings. The lowest BCUT2D eigenvalue weighted by Crippen LogP contribution is -2.36. The molecule has 5 nitrogen and oxygen atoms in total. The van der Waals surface area contributed by atoms with Gasteiger partial charge in [-0.15, -0.1) is 0 Å². The van der Waals surface area contributed by atoms with Crippen LogP contribution < -0.4 is 5.11 Å². The summed E-state index contributed by atoms with van der Waals surface area (Å²) in [5.74, 6) is -1.50. The Morgan fingerprint density at radius 3 is 2.64 bits per heavy atom. The van der Waals surface area contributed by atoms with Crippen LogP contribution in [0.3, 0.4) is 0 Å². The van der Waals surface area contributed by atoms with Gasteiger partial charge in [-0.05, 0) is 0 Å². The maximum atomic E-state index is 9.98. The summed E-state index contributed by atoms with van der Waals surface area (Å²) < 4.78 is 4.79. The SMILES string of the molecule is O=C([O-])[C@@H](O)C[C@@H]1O[C@H]1CO. The highest BCUT2D eigenvalue weighted by atomic mass is 16.6. The zero-order valence-electron chi connectivity index (χ0n) is 5.77. The van der Waals surface area contributed by atoms with E-state index in [1.165, 1.54) is 0 Å². The van der Waals surface area contributed by atoms with Gasteiger partial charge in [-0.2, -0.15) is 0 Å². The molecule has 0 aliphatic carbocycles. The standard InChI is InChI=1S/C6H10O5/c7-2-5-4(11-5)1-3(8)6(9)10/h3-5,7-8H,1-2H2,(H,9,10)/p-1/t3-,4-,5-/m0/s1. The smallest absolute Gasteiger partial charge is 0.107 e. The van der Waals surface area contributed by atoms with Crippen LogP contribution in [0.25, 0.3) is 0 Å². The monoisotopic (exact) mass is 161 g/mol. The summed E-state index contributed by atoms with van der Waals surface area (Å²) in [7, 11) is 0. The van der Waals surface area contributed by atoms with Crippen LogP contribution in [0, 0.1) is 0 Å². The van der Waals surface area contributed by atoms with Gasteiger partial charge in [0.15, 0.2) is 0 Å².